The third kappa shape index (κ3) is 4.97. The van der Waals surface area contributed by atoms with E-state index < -0.39 is 11.8 Å². The number of fused-ring (bicyclic) bond motifs is 1. The smallest absolute Gasteiger partial charge is 0.330 e. The normalized spacial score (nSPS) is 12.4. The Morgan fingerprint density at radius 3 is 2.69 bits per heavy atom. The molecule has 0 saturated carbocycles. The van der Waals surface area contributed by atoms with Crippen LogP contribution < -0.4 is 24.6 Å². The summed E-state index contributed by atoms with van der Waals surface area (Å²) < 4.78 is 25.4. The van der Waals surface area contributed by atoms with Crippen LogP contribution in [0.2, 0.25) is 0 Å². The second kappa shape index (κ2) is 10.9. The molecule has 3 aromatic rings. The van der Waals surface area contributed by atoms with Crippen LogP contribution in [0.4, 0.5) is 32.3 Å². The first-order valence-corrected chi connectivity index (χ1v) is 10.7. The SMILES string of the molecule is C.C=CC(=O)Cc1ccccc1Nc1ncc2c(n1)N(C)C(=O)N(c1cc(OC)cc(OC)c1F)C2. The van der Waals surface area contributed by atoms with Gasteiger partial charge in [0.2, 0.25) is 5.95 Å². The van der Waals surface area contributed by atoms with Crippen molar-refractivity contribution >= 4 is 35.0 Å². The number of amides is 2. The lowest BCUT2D eigenvalue weighted by Gasteiger charge is -2.34. The van der Waals surface area contributed by atoms with Crippen molar-refractivity contribution in [1.29, 1.82) is 0 Å². The van der Waals surface area contributed by atoms with Gasteiger partial charge < -0.3 is 14.8 Å². The summed E-state index contributed by atoms with van der Waals surface area (Å²) >= 11 is 0. The van der Waals surface area contributed by atoms with E-state index in [0.717, 1.165) is 5.56 Å². The molecule has 9 nitrogen and oxygen atoms in total. The van der Waals surface area contributed by atoms with Gasteiger partial charge in [-0.3, -0.25) is 14.6 Å². The van der Waals surface area contributed by atoms with Gasteiger partial charge in [-0.15, -0.1) is 0 Å². The minimum Gasteiger partial charge on any atom is -0.497 e. The van der Waals surface area contributed by atoms with E-state index in [1.165, 1.54) is 42.2 Å². The standard InChI is InChI=1S/C25H24FN5O4.CH4/c1-5-17(32)10-15-8-6-7-9-19(15)28-24-27-13-16-14-31(25(33)30(2)23(16)29-24)20-11-18(34-3)12-21(35-4)22(20)26;/h5-9,11-13H,1,10,14H2,2-4H3,(H,27,28,29);1H4. The number of benzene rings is 2. The first-order chi connectivity index (χ1) is 16.9. The van der Waals surface area contributed by atoms with Crippen molar-refractivity contribution in [2.24, 2.45) is 0 Å². The number of nitrogens with zero attached hydrogens (tertiary/aromatic N) is 4. The van der Waals surface area contributed by atoms with Crippen LogP contribution in [-0.2, 0) is 17.8 Å². The van der Waals surface area contributed by atoms with Crippen LogP contribution in [0, 0.1) is 5.82 Å². The number of allylic oxidation sites excluding steroid dienone is 1. The molecule has 0 aliphatic carbocycles. The quantitative estimate of drug-likeness (QED) is 0.447. The zero-order chi connectivity index (χ0) is 25.1. The molecule has 0 radical (unpaired) electrons. The third-order valence-corrected chi connectivity index (χ3v) is 5.60. The van der Waals surface area contributed by atoms with E-state index in [1.807, 2.05) is 24.3 Å². The van der Waals surface area contributed by atoms with E-state index in [-0.39, 0.29) is 43.6 Å². The molecule has 36 heavy (non-hydrogen) atoms. The van der Waals surface area contributed by atoms with Gasteiger partial charge in [-0.1, -0.05) is 32.2 Å². The van der Waals surface area contributed by atoms with Crippen LogP contribution in [0.25, 0.3) is 0 Å². The maximum absolute atomic E-state index is 15.0. The highest BCUT2D eigenvalue weighted by molar-refractivity contribution is 6.05. The largest absolute Gasteiger partial charge is 0.497 e. The fourth-order valence-electron chi connectivity index (χ4n) is 3.76. The summed E-state index contributed by atoms with van der Waals surface area (Å²) in [5.74, 6) is 0.165. The fourth-order valence-corrected chi connectivity index (χ4v) is 3.76. The van der Waals surface area contributed by atoms with Gasteiger partial charge in [0, 0.05) is 43.0 Å². The van der Waals surface area contributed by atoms with Crippen molar-refractivity contribution in [2.45, 2.75) is 20.4 Å². The van der Waals surface area contributed by atoms with Crippen LogP contribution >= 0.6 is 0 Å². The molecular weight excluding hydrogens is 465 g/mol. The number of rotatable bonds is 8. The molecule has 1 aromatic heterocycles. The van der Waals surface area contributed by atoms with Crippen LogP contribution in [0.3, 0.4) is 0 Å². The monoisotopic (exact) mass is 493 g/mol. The summed E-state index contributed by atoms with van der Waals surface area (Å²) in [4.78, 5) is 36.5. The molecule has 2 aromatic carbocycles. The van der Waals surface area contributed by atoms with Crippen molar-refractivity contribution in [3.8, 4) is 11.5 Å². The minimum atomic E-state index is -0.677. The number of hydrogen-bond acceptors (Lipinski definition) is 7. The lowest BCUT2D eigenvalue weighted by Crippen LogP contribution is -2.46. The number of urea groups is 1. The molecule has 0 atom stereocenters. The Hall–Kier alpha value is -4.47. The molecule has 0 saturated heterocycles. The molecule has 188 valence electrons. The van der Waals surface area contributed by atoms with E-state index in [9.17, 15) is 9.59 Å². The number of ketones is 1. The van der Waals surface area contributed by atoms with E-state index in [0.29, 0.717) is 22.8 Å². The average Bonchev–Trinajstić information content (AvgIpc) is 2.87. The van der Waals surface area contributed by atoms with E-state index >= 15 is 4.39 Å². The Labute approximate surface area is 209 Å². The Kier molecular flexibility index (Phi) is 7.88. The first-order valence-electron chi connectivity index (χ1n) is 10.7. The van der Waals surface area contributed by atoms with E-state index in [2.05, 4.69) is 21.9 Å². The number of ether oxygens (including phenoxy) is 2. The minimum absolute atomic E-state index is 0. The third-order valence-electron chi connectivity index (χ3n) is 5.60. The molecule has 10 heteroatoms. The maximum atomic E-state index is 15.0. The van der Waals surface area contributed by atoms with Gasteiger partial charge in [0.25, 0.3) is 0 Å². The fraction of sp³-hybridized carbons (Fsp3) is 0.231. The highest BCUT2D eigenvalue weighted by Gasteiger charge is 2.33. The van der Waals surface area contributed by atoms with Crippen LogP contribution in [0.5, 0.6) is 11.5 Å². The topological polar surface area (TPSA) is 96.9 Å². The molecule has 0 bridgehead atoms. The van der Waals surface area contributed by atoms with Crippen molar-refractivity contribution in [3.63, 3.8) is 0 Å². The second-order valence-corrected chi connectivity index (χ2v) is 7.76. The van der Waals surface area contributed by atoms with Gasteiger partial charge in [0.05, 0.1) is 26.5 Å². The molecule has 2 heterocycles. The van der Waals surface area contributed by atoms with Crippen molar-refractivity contribution in [1.82, 2.24) is 9.97 Å². The summed E-state index contributed by atoms with van der Waals surface area (Å²) in [6, 6.07) is 9.66. The summed E-state index contributed by atoms with van der Waals surface area (Å²) in [6.07, 6.45) is 3.03. The summed E-state index contributed by atoms with van der Waals surface area (Å²) in [7, 11) is 4.34. The predicted octanol–water partition coefficient (Wildman–Crippen LogP) is 4.89. The van der Waals surface area contributed by atoms with Crippen LogP contribution in [-0.4, -0.2) is 43.0 Å². The average molecular weight is 494 g/mol. The van der Waals surface area contributed by atoms with E-state index in [4.69, 9.17) is 9.47 Å². The predicted molar refractivity (Wildman–Crippen MR) is 137 cm³/mol. The number of methoxy groups -OCH3 is 2. The molecule has 0 fully saturated rings. The molecule has 0 spiro atoms. The lowest BCUT2D eigenvalue weighted by atomic mass is 10.1. The number of halogens is 1. The zero-order valence-electron chi connectivity index (χ0n) is 19.5. The van der Waals surface area contributed by atoms with Gasteiger partial charge in [-0.25, -0.2) is 14.2 Å². The Balaban J connectivity index is 0.00000361. The molecule has 4 rings (SSSR count). The first kappa shape index (κ1) is 26.1. The van der Waals surface area contributed by atoms with Gasteiger partial charge in [0.1, 0.15) is 11.6 Å². The number of hydrogen-bond donors (Lipinski definition) is 1. The number of carbonyl (C=O) groups is 2. The van der Waals surface area contributed by atoms with Crippen LogP contribution in [0.15, 0.2) is 55.3 Å². The van der Waals surface area contributed by atoms with Crippen LogP contribution in [0.1, 0.15) is 18.6 Å². The van der Waals surface area contributed by atoms with Crippen molar-refractivity contribution in [2.75, 3.05) is 36.4 Å². The number of nitrogens with one attached hydrogen (secondary N) is 1. The maximum Gasteiger partial charge on any atom is 0.330 e. The molecule has 1 aliphatic rings. The highest BCUT2D eigenvalue weighted by Crippen LogP contribution is 2.37. The lowest BCUT2D eigenvalue weighted by molar-refractivity contribution is -0.114. The molecule has 1 aliphatic heterocycles. The summed E-state index contributed by atoms with van der Waals surface area (Å²) in [5, 5.41) is 3.12. The van der Waals surface area contributed by atoms with Gasteiger partial charge >= 0.3 is 6.03 Å². The van der Waals surface area contributed by atoms with Crippen molar-refractivity contribution in [3.05, 3.63) is 72.2 Å². The number of carbonyl (C=O) groups excluding carboxylic acids is 2. The van der Waals surface area contributed by atoms with E-state index in [1.54, 1.807) is 13.2 Å². The number of aromatic nitrogens is 2. The molecule has 2 amide bonds. The Morgan fingerprint density at radius 2 is 2.00 bits per heavy atom. The summed E-state index contributed by atoms with van der Waals surface area (Å²) in [6.45, 7) is 3.57. The number of anilines is 4. The number of para-hydroxylation sites is 1. The van der Waals surface area contributed by atoms with Gasteiger partial charge in [0.15, 0.2) is 17.3 Å². The molecule has 0 unspecified atom stereocenters. The van der Waals surface area contributed by atoms with Gasteiger partial charge in [-0.2, -0.15) is 4.98 Å². The molecule has 1 N–H and O–H groups in total. The molecular formula is C26H28FN5O4. The second-order valence-electron chi connectivity index (χ2n) is 7.76. The highest BCUT2D eigenvalue weighted by atomic mass is 19.1. The zero-order valence-corrected chi connectivity index (χ0v) is 19.5. The van der Waals surface area contributed by atoms with Crippen molar-refractivity contribution < 1.29 is 23.5 Å². The summed E-state index contributed by atoms with van der Waals surface area (Å²) in [5.41, 5.74) is 2.07. The Morgan fingerprint density at radius 1 is 1.25 bits per heavy atom. The van der Waals surface area contributed by atoms with Gasteiger partial charge in [-0.05, 0) is 17.7 Å². The Bertz CT molecular complexity index is 1310.